The summed E-state index contributed by atoms with van der Waals surface area (Å²) in [5.41, 5.74) is 0. The normalized spacial score (nSPS) is 14.7. The largest absolute Gasteiger partial charge is 0.0808 e. The van der Waals surface area contributed by atoms with Gasteiger partial charge in [0.2, 0.25) is 0 Å². The van der Waals surface area contributed by atoms with E-state index in [0.29, 0.717) is 0 Å². The average molecular weight is 118 g/mol. The molecule has 1 rings (SSSR count). The first kappa shape index (κ1) is 6.01. The maximum atomic E-state index is 2.12. The Hall–Kier alpha value is 0.0125. The van der Waals surface area contributed by atoms with Crippen molar-refractivity contribution in [3.05, 3.63) is 24.3 Å². The molecule has 0 spiro atoms. The fourth-order valence-electron chi connectivity index (χ4n) is 0.393. The van der Waals surface area contributed by atoms with E-state index in [9.17, 15) is 0 Å². The summed E-state index contributed by atoms with van der Waals surface area (Å²) in [6, 6.07) is 0. The van der Waals surface area contributed by atoms with Crippen LogP contribution in [0.3, 0.4) is 0 Å². The molecule has 0 unspecified atom stereocenters. The number of hydrogen-bond donors (Lipinski definition) is 0. The van der Waals surface area contributed by atoms with Gasteiger partial charge in [0.25, 0.3) is 0 Å². The van der Waals surface area contributed by atoms with Crippen molar-refractivity contribution < 1.29 is 17.4 Å². The van der Waals surface area contributed by atoms with Gasteiger partial charge >= 0.3 is 0 Å². The first-order valence-electron chi connectivity index (χ1n) is 1.82. The molecule has 0 aliphatic heterocycles. The second-order valence-electron chi connectivity index (χ2n) is 1.09. The molecule has 0 saturated carbocycles. The molecule has 1 aliphatic rings. The van der Waals surface area contributed by atoms with E-state index in [1.165, 1.54) is 0 Å². The van der Waals surface area contributed by atoms with E-state index >= 15 is 0 Å². The summed E-state index contributed by atoms with van der Waals surface area (Å²) in [5, 5.41) is 0. The van der Waals surface area contributed by atoms with Crippen LogP contribution in [0.15, 0.2) is 24.3 Å². The van der Waals surface area contributed by atoms with E-state index in [0.717, 1.165) is 6.42 Å². The van der Waals surface area contributed by atoms with E-state index in [-0.39, 0.29) is 17.4 Å². The van der Waals surface area contributed by atoms with Crippen molar-refractivity contribution in [2.24, 2.45) is 0 Å². The van der Waals surface area contributed by atoms with Crippen molar-refractivity contribution in [2.75, 3.05) is 0 Å². The zero-order valence-corrected chi connectivity index (χ0v) is 4.70. The van der Waals surface area contributed by atoms with E-state index < -0.39 is 0 Å². The van der Waals surface area contributed by atoms with Crippen LogP contribution in [0.25, 0.3) is 0 Å². The van der Waals surface area contributed by atoms with Crippen LogP contribution >= 0.6 is 0 Å². The van der Waals surface area contributed by atoms with Crippen molar-refractivity contribution >= 4 is 0 Å². The van der Waals surface area contributed by atoms with E-state index in [4.69, 9.17) is 0 Å². The van der Waals surface area contributed by atoms with Gasteiger partial charge in [-0.05, 0) is 6.42 Å². The van der Waals surface area contributed by atoms with Gasteiger partial charge in [-0.2, -0.15) is 0 Å². The van der Waals surface area contributed by atoms with Gasteiger partial charge in [0, 0.05) is 17.4 Å². The van der Waals surface area contributed by atoms with Gasteiger partial charge in [-0.15, -0.1) is 0 Å². The minimum Gasteiger partial charge on any atom is -0.0808 e. The molecule has 0 atom stereocenters. The molecule has 0 heterocycles. The van der Waals surface area contributed by atoms with Gasteiger partial charge in [-0.25, -0.2) is 0 Å². The van der Waals surface area contributed by atoms with Gasteiger partial charge in [0.05, 0.1) is 0 Å². The number of allylic oxidation sites excluding steroid dienone is 4. The third-order valence-electron chi connectivity index (χ3n) is 0.655. The molecule has 0 nitrogen and oxygen atoms in total. The smallest absolute Gasteiger partial charge is 0 e. The van der Waals surface area contributed by atoms with Crippen LogP contribution in [0, 0.1) is 0 Å². The molecular formula is C5H6Cr. The first-order chi connectivity index (χ1) is 2.50. The summed E-state index contributed by atoms with van der Waals surface area (Å²) in [6.45, 7) is 0. The Bertz CT molecular complexity index is 62.0. The third kappa shape index (κ3) is 1.45. The molecule has 0 saturated heterocycles. The van der Waals surface area contributed by atoms with E-state index in [1.54, 1.807) is 0 Å². The molecule has 1 heteroatoms. The maximum Gasteiger partial charge on any atom is 0 e. The standard InChI is InChI=1S/C5H6.Cr/c1-2-4-5-3-1;/h1-4H,5H2;. The Morgan fingerprint density at radius 2 is 1.50 bits per heavy atom. The zero-order valence-electron chi connectivity index (χ0n) is 3.42. The van der Waals surface area contributed by atoms with Crippen LogP contribution < -0.4 is 0 Å². The Morgan fingerprint density at radius 3 is 1.67 bits per heavy atom. The molecule has 0 radical (unpaired) electrons. The molecular weight excluding hydrogens is 112 g/mol. The molecule has 0 N–H and O–H groups in total. The van der Waals surface area contributed by atoms with Crippen LogP contribution in [0.5, 0.6) is 0 Å². The second-order valence-corrected chi connectivity index (χ2v) is 1.09. The van der Waals surface area contributed by atoms with Gasteiger partial charge in [0.15, 0.2) is 0 Å². The molecule has 0 fully saturated rings. The van der Waals surface area contributed by atoms with Crippen molar-refractivity contribution in [1.29, 1.82) is 0 Å². The summed E-state index contributed by atoms with van der Waals surface area (Å²) in [4.78, 5) is 0. The van der Waals surface area contributed by atoms with Crippen LogP contribution in [0.1, 0.15) is 6.42 Å². The van der Waals surface area contributed by atoms with Crippen LogP contribution in [-0.2, 0) is 17.4 Å². The summed E-state index contributed by atoms with van der Waals surface area (Å²) in [7, 11) is 0. The maximum absolute atomic E-state index is 2.12. The van der Waals surface area contributed by atoms with Crippen LogP contribution in [0.2, 0.25) is 0 Å². The second kappa shape index (κ2) is 3.21. The quantitative estimate of drug-likeness (QED) is 0.452. The topological polar surface area (TPSA) is 0 Å². The number of hydrogen-bond acceptors (Lipinski definition) is 0. The minimum absolute atomic E-state index is 0. The third-order valence-corrected chi connectivity index (χ3v) is 0.655. The monoisotopic (exact) mass is 118 g/mol. The van der Waals surface area contributed by atoms with Gasteiger partial charge < -0.3 is 0 Å². The summed E-state index contributed by atoms with van der Waals surface area (Å²) in [5.74, 6) is 0. The molecule has 0 aromatic heterocycles. The predicted molar refractivity (Wildman–Crippen MR) is 22.9 cm³/mol. The first-order valence-corrected chi connectivity index (χ1v) is 1.82. The summed E-state index contributed by atoms with van der Waals surface area (Å²) >= 11 is 0. The Morgan fingerprint density at radius 1 is 1.00 bits per heavy atom. The summed E-state index contributed by atoms with van der Waals surface area (Å²) < 4.78 is 0. The van der Waals surface area contributed by atoms with E-state index in [1.807, 2.05) is 0 Å². The molecule has 0 aromatic carbocycles. The molecule has 0 aromatic rings. The fourth-order valence-corrected chi connectivity index (χ4v) is 0.393. The Balaban J connectivity index is 0.000000250. The van der Waals surface area contributed by atoms with Gasteiger partial charge in [0.1, 0.15) is 0 Å². The molecule has 1 aliphatic carbocycles. The average Bonchev–Trinajstić information content (AvgIpc) is 1.76. The zero-order chi connectivity index (χ0) is 3.54. The molecule has 0 bridgehead atoms. The summed E-state index contributed by atoms with van der Waals surface area (Å²) in [6.07, 6.45) is 9.50. The van der Waals surface area contributed by atoms with Crippen molar-refractivity contribution in [3.63, 3.8) is 0 Å². The molecule has 6 heavy (non-hydrogen) atoms. The van der Waals surface area contributed by atoms with Crippen molar-refractivity contribution in [2.45, 2.75) is 6.42 Å². The van der Waals surface area contributed by atoms with Crippen LogP contribution in [-0.4, -0.2) is 0 Å². The SMILES string of the molecule is C1=CCC=C1.[Cr]. The fraction of sp³-hybridized carbons (Fsp3) is 0.200. The Labute approximate surface area is 48.7 Å². The van der Waals surface area contributed by atoms with Crippen LogP contribution in [0.4, 0.5) is 0 Å². The van der Waals surface area contributed by atoms with Crippen molar-refractivity contribution in [3.8, 4) is 0 Å². The van der Waals surface area contributed by atoms with Crippen molar-refractivity contribution in [1.82, 2.24) is 0 Å². The number of rotatable bonds is 0. The Kier molecular flexibility index (Phi) is 3.22. The van der Waals surface area contributed by atoms with Gasteiger partial charge in [-0.1, -0.05) is 24.3 Å². The molecule has 0 amide bonds. The minimum atomic E-state index is 0. The molecule has 32 valence electrons. The predicted octanol–water partition coefficient (Wildman–Crippen LogP) is 1.50. The van der Waals surface area contributed by atoms with E-state index in [2.05, 4.69) is 24.3 Å². The van der Waals surface area contributed by atoms with Gasteiger partial charge in [-0.3, -0.25) is 0 Å².